The first-order valence-corrected chi connectivity index (χ1v) is 7.16. The van der Waals surface area contributed by atoms with Crippen molar-refractivity contribution >= 4 is 5.78 Å². The van der Waals surface area contributed by atoms with Crippen molar-refractivity contribution in [2.45, 2.75) is 25.7 Å². The summed E-state index contributed by atoms with van der Waals surface area (Å²) in [5, 5.41) is 0. The lowest BCUT2D eigenvalue weighted by Crippen LogP contribution is -2.13. The van der Waals surface area contributed by atoms with Crippen molar-refractivity contribution in [1.82, 2.24) is 0 Å². The standard InChI is InChI=1S/C18H18O2/c19-18(13-20-17-8-2-1-3-9-17)16-11-10-14-6-4-5-7-15(14)12-16/h1-3,8-12H,4-7,13H2. The van der Waals surface area contributed by atoms with Crippen molar-refractivity contribution in [2.24, 2.45) is 0 Å². The number of fused-ring (bicyclic) bond motifs is 1. The van der Waals surface area contributed by atoms with E-state index in [-0.39, 0.29) is 12.4 Å². The number of carbonyl (C=O) groups excluding carboxylic acids is 1. The molecule has 0 saturated heterocycles. The summed E-state index contributed by atoms with van der Waals surface area (Å²) in [5.74, 6) is 0.779. The molecule has 2 aromatic carbocycles. The molecule has 0 radical (unpaired) electrons. The second-order valence-corrected chi connectivity index (χ2v) is 5.22. The Morgan fingerprint density at radius 2 is 1.70 bits per heavy atom. The SMILES string of the molecule is O=C(COc1ccccc1)c1ccc2c(c1)CCCC2. The molecule has 0 aromatic heterocycles. The molecule has 2 nitrogen and oxygen atoms in total. The summed E-state index contributed by atoms with van der Waals surface area (Å²) >= 11 is 0. The van der Waals surface area contributed by atoms with Crippen LogP contribution in [0.4, 0.5) is 0 Å². The average molecular weight is 266 g/mol. The van der Waals surface area contributed by atoms with Crippen LogP contribution in [0.1, 0.15) is 34.3 Å². The highest BCUT2D eigenvalue weighted by Crippen LogP contribution is 2.22. The summed E-state index contributed by atoms with van der Waals surface area (Å²) in [6.45, 7) is 0.1000. The molecule has 0 spiro atoms. The summed E-state index contributed by atoms with van der Waals surface area (Å²) in [4.78, 5) is 12.2. The number of hydrogen-bond donors (Lipinski definition) is 0. The molecule has 0 bridgehead atoms. The molecule has 0 amide bonds. The summed E-state index contributed by atoms with van der Waals surface area (Å²) in [6.07, 6.45) is 4.73. The Labute approximate surface area is 119 Å². The fraction of sp³-hybridized carbons (Fsp3) is 0.278. The number of rotatable bonds is 4. The van der Waals surface area contributed by atoms with E-state index < -0.39 is 0 Å². The van der Waals surface area contributed by atoms with E-state index in [1.807, 2.05) is 42.5 Å². The first-order valence-electron chi connectivity index (χ1n) is 7.16. The number of para-hydroxylation sites is 1. The normalized spacial score (nSPS) is 13.6. The van der Waals surface area contributed by atoms with Crippen molar-refractivity contribution in [2.75, 3.05) is 6.61 Å². The molecule has 0 fully saturated rings. The number of ether oxygens (including phenoxy) is 1. The van der Waals surface area contributed by atoms with Crippen molar-refractivity contribution in [3.63, 3.8) is 0 Å². The van der Waals surface area contributed by atoms with E-state index in [1.54, 1.807) is 0 Å². The van der Waals surface area contributed by atoms with E-state index in [2.05, 4.69) is 6.07 Å². The van der Waals surface area contributed by atoms with Gasteiger partial charge in [0.05, 0.1) is 0 Å². The van der Waals surface area contributed by atoms with Gasteiger partial charge in [0.1, 0.15) is 5.75 Å². The predicted octanol–water partition coefficient (Wildman–Crippen LogP) is 3.83. The molecule has 0 atom stereocenters. The van der Waals surface area contributed by atoms with Crippen LogP contribution in [-0.4, -0.2) is 12.4 Å². The maximum Gasteiger partial charge on any atom is 0.200 e. The van der Waals surface area contributed by atoms with Gasteiger partial charge in [-0.1, -0.05) is 30.3 Å². The predicted molar refractivity (Wildman–Crippen MR) is 79.4 cm³/mol. The van der Waals surface area contributed by atoms with Crippen LogP contribution >= 0.6 is 0 Å². The third-order valence-electron chi connectivity index (χ3n) is 3.78. The topological polar surface area (TPSA) is 26.3 Å². The van der Waals surface area contributed by atoms with Gasteiger partial charge in [-0.05, 0) is 55.0 Å². The number of benzene rings is 2. The zero-order valence-corrected chi connectivity index (χ0v) is 11.5. The number of hydrogen-bond acceptors (Lipinski definition) is 2. The Bertz CT molecular complexity index is 602. The molecule has 1 aliphatic rings. The fourth-order valence-electron chi connectivity index (χ4n) is 2.66. The first kappa shape index (κ1) is 12.9. The third-order valence-corrected chi connectivity index (χ3v) is 3.78. The van der Waals surface area contributed by atoms with Crippen LogP contribution in [0.3, 0.4) is 0 Å². The van der Waals surface area contributed by atoms with Gasteiger partial charge in [-0.3, -0.25) is 4.79 Å². The van der Waals surface area contributed by atoms with Gasteiger partial charge in [-0.15, -0.1) is 0 Å². The third kappa shape index (κ3) is 2.90. The second-order valence-electron chi connectivity index (χ2n) is 5.22. The van der Waals surface area contributed by atoms with Gasteiger partial charge in [-0.25, -0.2) is 0 Å². The maximum atomic E-state index is 12.2. The van der Waals surface area contributed by atoms with Crippen LogP contribution < -0.4 is 4.74 Å². The van der Waals surface area contributed by atoms with E-state index in [0.29, 0.717) is 0 Å². The molecule has 0 aliphatic heterocycles. The van der Waals surface area contributed by atoms with Crippen LogP contribution in [0, 0.1) is 0 Å². The maximum absolute atomic E-state index is 12.2. The minimum absolute atomic E-state index is 0.0437. The zero-order chi connectivity index (χ0) is 13.8. The van der Waals surface area contributed by atoms with Gasteiger partial charge in [0.25, 0.3) is 0 Å². The van der Waals surface area contributed by atoms with Crippen molar-refractivity contribution in [3.05, 3.63) is 65.2 Å². The minimum atomic E-state index is 0.0437. The lowest BCUT2D eigenvalue weighted by Gasteiger charge is -2.16. The molecule has 102 valence electrons. The lowest BCUT2D eigenvalue weighted by molar-refractivity contribution is 0.0921. The van der Waals surface area contributed by atoms with Crippen LogP contribution in [0.25, 0.3) is 0 Å². The lowest BCUT2D eigenvalue weighted by atomic mass is 9.90. The van der Waals surface area contributed by atoms with Crippen LogP contribution in [-0.2, 0) is 12.8 Å². The number of Topliss-reactive ketones (excluding diaryl/α,β-unsaturated/α-hetero) is 1. The highest BCUT2D eigenvalue weighted by molar-refractivity contribution is 5.97. The summed E-state index contributed by atoms with van der Waals surface area (Å²) in [6, 6.07) is 15.5. The van der Waals surface area contributed by atoms with Gasteiger partial charge in [0.2, 0.25) is 0 Å². The Morgan fingerprint density at radius 1 is 0.950 bits per heavy atom. The van der Waals surface area contributed by atoms with E-state index in [4.69, 9.17) is 4.74 Å². The largest absolute Gasteiger partial charge is 0.485 e. The minimum Gasteiger partial charge on any atom is -0.485 e. The van der Waals surface area contributed by atoms with Gasteiger partial charge in [0.15, 0.2) is 12.4 Å². The van der Waals surface area contributed by atoms with E-state index in [0.717, 1.165) is 24.2 Å². The molecule has 20 heavy (non-hydrogen) atoms. The molecule has 0 saturated carbocycles. The van der Waals surface area contributed by atoms with Gasteiger partial charge >= 0.3 is 0 Å². The smallest absolute Gasteiger partial charge is 0.200 e. The highest BCUT2D eigenvalue weighted by atomic mass is 16.5. The Morgan fingerprint density at radius 3 is 2.50 bits per heavy atom. The fourth-order valence-corrected chi connectivity index (χ4v) is 2.66. The molecule has 3 rings (SSSR count). The van der Waals surface area contributed by atoms with Crippen LogP contribution in [0.15, 0.2) is 48.5 Å². The molecule has 2 aromatic rings. The highest BCUT2D eigenvalue weighted by Gasteiger charge is 2.13. The number of carbonyl (C=O) groups is 1. The number of ketones is 1. The van der Waals surface area contributed by atoms with Crippen LogP contribution in [0.5, 0.6) is 5.75 Å². The quantitative estimate of drug-likeness (QED) is 0.786. The molecule has 0 N–H and O–H groups in total. The zero-order valence-electron chi connectivity index (χ0n) is 11.5. The Kier molecular flexibility index (Phi) is 3.82. The van der Waals surface area contributed by atoms with Gasteiger partial charge in [0, 0.05) is 5.56 Å². The molecule has 1 aliphatic carbocycles. The Hall–Kier alpha value is -2.09. The molecule has 2 heteroatoms. The first-order chi connectivity index (χ1) is 9.83. The molecule has 0 unspecified atom stereocenters. The Balaban J connectivity index is 1.68. The monoisotopic (exact) mass is 266 g/mol. The number of aryl methyl sites for hydroxylation is 2. The molecular formula is C18H18O2. The summed E-state index contributed by atoms with van der Waals surface area (Å²) in [5.41, 5.74) is 3.50. The molecule has 0 heterocycles. The van der Waals surface area contributed by atoms with Gasteiger partial charge in [-0.2, -0.15) is 0 Å². The van der Waals surface area contributed by atoms with E-state index in [9.17, 15) is 4.79 Å². The van der Waals surface area contributed by atoms with Crippen molar-refractivity contribution in [3.8, 4) is 5.75 Å². The van der Waals surface area contributed by atoms with Crippen LogP contribution in [0.2, 0.25) is 0 Å². The van der Waals surface area contributed by atoms with Crippen molar-refractivity contribution in [1.29, 1.82) is 0 Å². The molecular weight excluding hydrogens is 248 g/mol. The summed E-state index contributed by atoms with van der Waals surface area (Å²) in [7, 11) is 0. The van der Waals surface area contributed by atoms with Gasteiger partial charge < -0.3 is 4.74 Å². The average Bonchev–Trinajstić information content (AvgIpc) is 2.53. The second kappa shape index (κ2) is 5.91. The summed E-state index contributed by atoms with van der Waals surface area (Å²) < 4.78 is 5.52. The van der Waals surface area contributed by atoms with E-state index in [1.165, 1.54) is 24.0 Å². The van der Waals surface area contributed by atoms with E-state index >= 15 is 0 Å². The van der Waals surface area contributed by atoms with Crippen molar-refractivity contribution < 1.29 is 9.53 Å².